The molecule has 21 heavy (non-hydrogen) atoms. The van der Waals surface area contributed by atoms with Crippen molar-refractivity contribution in [3.8, 4) is 0 Å². The van der Waals surface area contributed by atoms with Gasteiger partial charge in [0, 0.05) is 10.0 Å². The van der Waals surface area contributed by atoms with Crippen LogP contribution in [0.25, 0.3) is 0 Å². The van der Waals surface area contributed by atoms with E-state index in [1.807, 2.05) is 6.07 Å². The lowest BCUT2D eigenvalue weighted by molar-refractivity contribution is -0.138. The molecule has 0 fully saturated rings. The number of hydrogen-bond donors (Lipinski definition) is 0. The van der Waals surface area contributed by atoms with E-state index in [1.165, 1.54) is 0 Å². The second-order valence-electron chi connectivity index (χ2n) is 5.77. The lowest BCUT2D eigenvalue weighted by Gasteiger charge is -2.19. The van der Waals surface area contributed by atoms with Crippen LogP contribution in [0.2, 0.25) is 0 Å². The average Bonchev–Trinajstić information content (AvgIpc) is 2.33. The van der Waals surface area contributed by atoms with Gasteiger partial charge >= 0.3 is 5.97 Å². The monoisotopic (exact) mass is 373 g/mol. The van der Waals surface area contributed by atoms with Crippen LogP contribution in [0, 0.1) is 0 Å². The van der Waals surface area contributed by atoms with E-state index in [4.69, 9.17) is 4.74 Å². The fraction of sp³-hybridized carbons (Fsp3) is 0.467. The number of hydrogen-bond acceptors (Lipinski definition) is 4. The van der Waals surface area contributed by atoms with Crippen molar-refractivity contribution in [2.24, 2.45) is 4.40 Å². The highest BCUT2D eigenvalue weighted by molar-refractivity contribution is 9.10. The number of benzene rings is 1. The summed E-state index contributed by atoms with van der Waals surface area (Å²) in [6, 6.07) is 7.12. The Kier molecular flexibility index (Phi) is 6.43. The quantitative estimate of drug-likeness (QED) is 0.459. The van der Waals surface area contributed by atoms with Crippen LogP contribution >= 0.6 is 15.9 Å². The van der Waals surface area contributed by atoms with E-state index in [1.54, 1.807) is 52.8 Å². The van der Waals surface area contributed by atoms with Gasteiger partial charge in [0.2, 0.25) is 5.71 Å². The molecule has 0 aliphatic rings. The van der Waals surface area contributed by atoms with Crippen LogP contribution in [0.5, 0.6) is 0 Å². The largest absolute Gasteiger partial charge is 0.591 e. The van der Waals surface area contributed by atoms with E-state index in [0.29, 0.717) is 5.56 Å². The van der Waals surface area contributed by atoms with Crippen molar-refractivity contribution in [2.75, 3.05) is 0 Å². The highest BCUT2D eigenvalue weighted by atomic mass is 79.9. The third-order valence-corrected chi connectivity index (χ3v) is 4.22. The van der Waals surface area contributed by atoms with Crippen molar-refractivity contribution in [3.05, 3.63) is 34.3 Å². The molecule has 0 bridgehead atoms. The second-order valence-corrected chi connectivity index (χ2v) is 8.59. The Morgan fingerprint density at radius 1 is 1.38 bits per heavy atom. The number of carbonyl (C=O) groups excluding carboxylic acids is 1. The Hall–Kier alpha value is -0.850. The molecule has 0 amide bonds. The van der Waals surface area contributed by atoms with Crippen molar-refractivity contribution in [2.45, 2.75) is 45.5 Å². The first-order valence-corrected chi connectivity index (χ1v) is 8.49. The minimum Gasteiger partial charge on any atom is -0.591 e. The Labute approximate surface area is 137 Å². The van der Waals surface area contributed by atoms with E-state index in [9.17, 15) is 9.35 Å². The summed E-state index contributed by atoms with van der Waals surface area (Å²) in [5, 5.41) is 0. The van der Waals surface area contributed by atoms with E-state index < -0.39 is 22.1 Å². The first-order valence-electron chi connectivity index (χ1n) is 6.59. The summed E-state index contributed by atoms with van der Waals surface area (Å²) in [5.41, 5.74) is 0.658. The zero-order valence-corrected chi connectivity index (χ0v) is 15.2. The molecule has 1 unspecified atom stereocenters. The van der Waals surface area contributed by atoms with Crippen molar-refractivity contribution in [1.29, 1.82) is 0 Å². The van der Waals surface area contributed by atoms with Gasteiger partial charge in [0.15, 0.2) is 0 Å². The van der Waals surface area contributed by atoms with E-state index in [2.05, 4.69) is 20.3 Å². The molecule has 0 radical (unpaired) electrons. The number of nitrogens with zero attached hydrogens (tertiary/aromatic N) is 1. The molecule has 0 heterocycles. The normalized spacial score (nSPS) is 14.2. The van der Waals surface area contributed by atoms with Gasteiger partial charge < -0.3 is 9.29 Å². The predicted octanol–water partition coefficient (Wildman–Crippen LogP) is 3.65. The topological polar surface area (TPSA) is 61.7 Å². The fourth-order valence-corrected chi connectivity index (χ4v) is 2.35. The van der Waals surface area contributed by atoms with Crippen LogP contribution in [0.3, 0.4) is 0 Å². The van der Waals surface area contributed by atoms with Gasteiger partial charge in [0.05, 0.1) is 6.10 Å². The molecule has 1 atom stereocenters. The molecular formula is C15H20BrNO3S. The van der Waals surface area contributed by atoms with Crippen LogP contribution in [-0.4, -0.2) is 27.1 Å². The Balaban J connectivity index is 3.23. The minimum atomic E-state index is -1.54. The summed E-state index contributed by atoms with van der Waals surface area (Å²) in [4.78, 5) is 12.2. The number of ether oxygens (including phenoxy) is 1. The maximum absolute atomic E-state index is 12.2. The molecule has 1 aromatic carbocycles. The molecular weight excluding hydrogens is 354 g/mol. The summed E-state index contributed by atoms with van der Waals surface area (Å²) in [5.74, 6) is -0.569. The molecule has 0 saturated carbocycles. The molecule has 6 heteroatoms. The van der Waals surface area contributed by atoms with E-state index in [0.717, 1.165) is 4.47 Å². The first-order chi connectivity index (χ1) is 9.61. The van der Waals surface area contributed by atoms with Crippen LogP contribution in [0.4, 0.5) is 0 Å². The lowest BCUT2D eigenvalue weighted by Crippen LogP contribution is -2.30. The fourth-order valence-electron chi connectivity index (χ4n) is 1.33. The first kappa shape index (κ1) is 18.2. The van der Waals surface area contributed by atoms with Crippen molar-refractivity contribution in [3.63, 3.8) is 0 Å². The Bertz CT molecular complexity index is 538. The SMILES string of the molecule is CC(C)OC(=O)/C(=N\[S+]([O-])C(C)(C)C)c1cccc(Br)c1. The van der Waals surface area contributed by atoms with Crippen LogP contribution in [-0.2, 0) is 20.9 Å². The average molecular weight is 374 g/mol. The van der Waals surface area contributed by atoms with Gasteiger partial charge in [-0.25, -0.2) is 4.79 Å². The Morgan fingerprint density at radius 2 is 2.00 bits per heavy atom. The van der Waals surface area contributed by atoms with E-state index in [-0.39, 0.29) is 11.8 Å². The van der Waals surface area contributed by atoms with E-state index >= 15 is 0 Å². The smallest absolute Gasteiger partial charge is 0.362 e. The molecule has 1 rings (SSSR count). The van der Waals surface area contributed by atoms with Crippen molar-refractivity contribution >= 4 is 39.0 Å². The maximum atomic E-state index is 12.2. The molecule has 0 aliphatic carbocycles. The number of esters is 1. The molecule has 1 aromatic rings. The number of halogens is 1. The zero-order valence-electron chi connectivity index (χ0n) is 12.8. The third kappa shape index (κ3) is 5.80. The van der Waals surface area contributed by atoms with Crippen LogP contribution in [0.15, 0.2) is 33.1 Å². The number of rotatable bonds is 4. The van der Waals surface area contributed by atoms with Gasteiger partial charge in [0.1, 0.15) is 16.1 Å². The molecule has 116 valence electrons. The molecule has 0 aromatic heterocycles. The molecule has 0 aliphatic heterocycles. The van der Waals surface area contributed by atoms with Crippen LogP contribution in [0.1, 0.15) is 40.2 Å². The highest BCUT2D eigenvalue weighted by Crippen LogP contribution is 2.20. The molecule has 0 N–H and O–H groups in total. The van der Waals surface area contributed by atoms with Gasteiger partial charge in [-0.05, 0) is 46.8 Å². The molecule has 0 spiro atoms. The Morgan fingerprint density at radius 3 is 2.48 bits per heavy atom. The second kappa shape index (κ2) is 7.42. The standard InChI is InChI=1S/C15H20BrNO3S/c1-10(2)20-14(18)13(17-21(19)15(3,4)5)11-7-6-8-12(16)9-11/h6-10H,1-5H3/b17-13-. The van der Waals surface area contributed by atoms with Crippen molar-refractivity contribution < 1.29 is 14.1 Å². The van der Waals surface area contributed by atoms with Gasteiger partial charge in [-0.1, -0.05) is 32.5 Å². The molecule has 4 nitrogen and oxygen atoms in total. The minimum absolute atomic E-state index is 0.0817. The van der Waals surface area contributed by atoms with Crippen molar-refractivity contribution in [1.82, 2.24) is 0 Å². The predicted molar refractivity (Wildman–Crippen MR) is 89.8 cm³/mol. The highest BCUT2D eigenvalue weighted by Gasteiger charge is 2.30. The lowest BCUT2D eigenvalue weighted by atomic mass is 10.1. The summed E-state index contributed by atoms with van der Waals surface area (Å²) in [6.07, 6.45) is -0.266. The summed E-state index contributed by atoms with van der Waals surface area (Å²) in [6.45, 7) is 8.94. The summed E-state index contributed by atoms with van der Waals surface area (Å²) in [7, 11) is 0. The van der Waals surface area contributed by atoms with Crippen LogP contribution < -0.4 is 0 Å². The van der Waals surface area contributed by atoms with Gasteiger partial charge in [-0.3, -0.25) is 0 Å². The number of carbonyl (C=O) groups is 1. The zero-order chi connectivity index (χ0) is 16.2. The van der Waals surface area contributed by atoms with Gasteiger partial charge in [-0.2, -0.15) is 0 Å². The molecule has 0 saturated heterocycles. The summed E-state index contributed by atoms with van der Waals surface area (Å²) >= 11 is 1.82. The summed E-state index contributed by atoms with van der Waals surface area (Å²) < 4.78 is 21.8. The van der Waals surface area contributed by atoms with Gasteiger partial charge in [0.25, 0.3) is 0 Å². The van der Waals surface area contributed by atoms with Gasteiger partial charge in [-0.15, -0.1) is 0 Å². The maximum Gasteiger partial charge on any atom is 0.362 e. The third-order valence-electron chi connectivity index (χ3n) is 2.33.